The van der Waals surface area contributed by atoms with E-state index in [4.69, 9.17) is 11.6 Å². The number of nitrogens with one attached hydrogen (secondary N) is 1. The molecule has 3 aliphatic rings. The number of phenols is 1. The van der Waals surface area contributed by atoms with Crippen molar-refractivity contribution in [3.8, 4) is 5.75 Å². The lowest BCUT2D eigenvalue weighted by Gasteiger charge is -2.42. The molecule has 33 heavy (non-hydrogen) atoms. The van der Waals surface area contributed by atoms with Crippen LogP contribution in [0, 0.1) is 0 Å². The average molecular weight is 465 g/mol. The third-order valence-electron chi connectivity index (χ3n) is 7.40. The molecule has 3 amide bonds. The van der Waals surface area contributed by atoms with Gasteiger partial charge in [-0.05, 0) is 67.9 Å². The molecule has 0 saturated carbocycles. The second-order valence-corrected chi connectivity index (χ2v) is 9.90. The van der Waals surface area contributed by atoms with E-state index in [0.29, 0.717) is 24.5 Å². The number of aromatic nitrogens is 1. The molecule has 0 spiro atoms. The molecule has 4 heterocycles. The first-order valence-electron chi connectivity index (χ1n) is 11.3. The molecule has 0 bridgehead atoms. The minimum atomic E-state index is -1.02. The number of benzene rings is 2. The molecule has 7 nitrogen and oxygen atoms in total. The fraction of sp³-hybridized carbons (Fsp3) is 0.360. The highest BCUT2D eigenvalue weighted by Gasteiger charge is 2.60. The molecular weight excluding hydrogens is 440 g/mol. The van der Waals surface area contributed by atoms with E-state index in [0.717, 1.165) is 47.2 Å². The van der Waals surface area contributed by atoms with Crippen molar-refractivity contribution in [3.63, 3.8) is 0 Å². The third-order valence-corrected chi connectivity index (χ3v) is 7.64. The van der Waals surface area contributed by atoms with Crippen LogP contribution in [0.4, 0.5) is 4.79 Å². The van der Waals surface area contributed by atoms with E-state index < -0.39 is 11.6 Å². The SMILES string of the molecule is CC12Cc3c([nH]c4ccc(Cl)cc34)C(c3cccc(O)c3)N1C(=O)N(CCN1CCC1)C2=O. The quantitative estimate of drug-likeness (QED) is 0.574. The second kappa shape index (κ2) is 7.23. The van der Waals surface area contributed by atoms with Gasteiger partial charge in [-0.3, -0.25) is 14.6 Å². The summed E-state index contributed by atoms with van der Waals surface area (Å²) in [6.07, 6.45) is 1.57. The Balaban J connectivity index is 1.50. The topological polar surface area (TPSA) is 79.9 Å². The van der Waals surface area contributed by atoms with E-state index in [1.165, 1.54) is 4.90 Å². The fourth-order valence-electron chi connectivity index (χ4n) is 5.57. The smallest absolute Gasteiger partial charge is 0.328 e. The summed E-state index contributed by atoms with van der Waals surface area (Å²) < 4.78 is 0. The van der Waals surface area contributed by atoms with Crippen LogP contribution in [0.1, 0.15) is 36.2 Å². The molecule has 8 heteroatoms. The Hall–Kier alpha value is -3.03. The normalized spacial score (nSPS) is 24.8. The molecule has 2 N–H and O–H groups in total. The molecular formula is C25H25ClN4O3. The number of hydrogen-bond acceptors (Lipinski definition) is 4. The van der Waals surface area contributed by atoms with Crippen LogP contribution in [0.5, 0.6) is 5.75 Å². The van der Waals surface area contributed by atoms with Crippen LogP contribution in [0.3, 0.4) is 0 Å². The van der Waals surface area contributed by atoms with Gasteiger partial charge in [-0.1, -0.05) is 23.7 Å². The largest absolute Gasteiger partial charge is 0.508 e. The standard InChI is InChI=1S/C25H25ClN4O3/c1-25-14-19-18-13-16(26)6-7-20(18)27-21(19)22(15-4-2-5-17(31)12-15)30(25)24(33)29(23(25)32)11-10-28-8-3-9-28/h2,4-7,12-13,22,27,31H,3,8-11,14H2,1H3. The highest BCUT2D eigenvalue weighted by molar-refractivity contribution is 6.31. The number of rotatable bonds is 4. The van der Waals surface area contributed by atoms with Gasteiger partial charge in [0.15, 0.2) is 0 Å². The number of hydrogen-bond donors (Lipinski definition) is 2. The molecule has 2 saturated heterocycles. The Morgan fingerprint density at radius 2 is 1.97 bits per heavy atom. The summed E-state index contributed by atoms with van der Waals surface area (Å²) in [5.74, 6) is -0.0479. The summed E-state index contributed by atoms with van der Waals surface area (Å²) in [6.45, 7) is 4.97. The Labute approximate surface area is 196 Å². The van der Waals surface area contributed by atoms with Gasteiger partial charge in [0.1, 0.15) is 17.3 Å². The number of H-pyrrole nitrogens is 1. The van der Waals surface area contributed by atoms with Gasteiger partial charge in [0.05, 0.1) is 0 Å². The number of aromatic hydroxyl groups is 1. The van der Waals surface area contributed by atoms with Gasteiger partial charge >= 0.3 is 6.03 Å². The molecule has 3 aliphatic heterocycles. The molecule has 1 aromatic heterocycles. The molecule has 6 rings (SSSR count). The third kappa shape index (κ3) is 2.99. The van der Waals surface area contributed by atoms with Gasteiger partial charge in [0.25, 0.3) is 5.91 Å². The van der Waals surface area contributed by atoms with Crippen LogP contribution in [0.25, 0.3) is 10.9 Å². The Morgan fingerprint density at radius 1 is 1.15 bits per heavy atom. The van der Waals surface area contributed by atoms with Crippen LogP contribution in [-0.4, -0.2) is 68.4 Å². The lowest BCUT2D eigenvalue weighted by atomic mass is 9.81. The van der Waals surface area contributed by atoms with Gasteiger partial charge in [0, 0.05) is 41.1 Å². The number of likely N-dealkylation sites (tertiary alicyclic amines) is 1. The number of aromatic amines is 1. The predicted molar refractivity (Wildman–Crippen MR) is 125 cm³/mol. The zero-order chi connectivity index (χ0) is 22.9. The zero-order valence-corrected chi connectivity index (χ0v) is 19.1. The van der Waals surface area contributed by atoms with Gasteiger partial charge in [-0.2, -0.15) is 0 Å². The Kier molecular flexibility index (Phi) is 4.51. The molecule has 3 aromatic rings. The summed E-state index contributed by atoms with van der Waals surface area (Å²) in [6, 6.07) is 11.8. The van der Waals surface area contributed by atoms with Crippen molar-refractivity contribution >= 4 is 34.4 Å². The molecule has 2 atom stereocenters. The van der Waals surface area contributed by atoms with E-state index >= 15 is 0 Å². The second-order valence-electron chi connectivity index (χ2n) is 9.46. The van der Waals surface area contributed by atoms with Crippen molar-refractivity contribution in [2.24, 2.45) is 0 Å². The number of nitrogens with zero attached hydrogens (tertiary/aromatic N) is 3. The molecule has 2 unspecified atom stereocenters. The molecule has 2 fully saturated rings. The predicted octanol–water partition coefficient (Wildman–Crippen LogP) is 3.90. The zero-order valence-electron chi connectivity index (χ0n) is 18.3. The number of carbonyl (C=O) groups is 2. The van der Waals surface area contributed by atoms with Crippen molar-refractivity contribution in [2.75, 3.05) is 26.2 Å². The summed E-state index contributed by atoms with van der Waals surface area (Å²) in [7, 11) is 0. The van der Waals surface area contributed by atoms with E-state index in [-0.39, 0.29) is 17.7 Å². The van der Waals surface area contributed by atoms with E-state index in [2.05, 4.69) is 9.88 Å². The highest BCUT2D eigenvalue weighted by Crippen LogP contribution is 2.49. The minimum absolute atomic E-state index is 0.119. The number of phenolic OH excluding ortho intramolecular Hbond substituents is 1. The first-order valence-corrected chi connectivity index (χ1v) is 11.7. The average Bonchev–Trinajstić information content (AvgIpc) is 3.18. The lowest BCUT2D eigenvalue weighted by Crippen LogP contribution is -2.53. The summed E-state index contributed by atoms with van der Waals surface area (Å²) in [5.41, 5.74) is 2.50. The Morgan fingerprint density at radius 3 is 2.70 bits per heavy atom. The van der Waals surface area contributed by atoms with E-state index in [1.54, 1.807) is 23.1 Å². The summed E-state index contributed by atoms with van der Waals surface area (Å²) in [4.78, 5) is 36.3. The fourth-order valence-corrected chi connectivity index (χ4v) is 5.74. The van der Waals surface area contributed by atoms with Crippen molar-refractivity contribution in [2.45, 2.75) is 31.3 Å². The molecule has 0 radical (unpaired) electrons. The number of imide groups is 1. The Bertz CT molecular complexity index is 1300. The molecule has 0 aliphatic carbocycles. The van der Waals surface area contributed by atoms with Crippen molar-refractivity contribution in [1.29, 1.82) is 0 Å². The van der Waals surface area contributed by atoms with Gasteiger partial charge in [0.2, 0.25) is 0 Å². The highest BCUT2D eigenvalue weighted by atomic mass is 35.5. The monoisotopic (exact) mass is 464 g/mol. The molecule has 170 valence electrons. The van der Waals surface area contributed by atoms with Crippen molar-refractivity contribution in [3.05, 3.63) is 64.3 Å². The number of halogens is 1. The van der Waals surface area contributed by atoms with Crippen LogP contribution >= 0.6 is 11.6 Å². The maximum atomic E-state index is 13.7. The summed E-state index contributed by atoms with van der Waals surface area (Å²) in [5, 5.41) is 11.8. The number of urea groups is 1. The lowest BCUT2D eigenvalue weighted by molar-refractivity contribution is -0.133. The first kappa shape index (κ1) is 20.6. The van der Waals surface area contributed by atoms with Crippen LogP contribution < -0.4 is 0 Å². The first-order chi connectivity index (χ1) is 15.9. The number of amides is 3. The maximum Gasteiger partial charge on any atom is 0.328 e. The van der Waals surface area contributed by atoms with Gasteiger partial charge in [-0.25, -0.2) is 4.79 Å². The van der Waals surface area contributed by atoms with Gasteiger partial charge in [-0.15, -0.1) is 0 Å². The van der Waals surface area contributed by atoms with Crippen molar-refractivity contribution in [1.82, 2.24) is 19.7 Å². The van der Waals surface area contributed by atoms with Crippen LogP contribution in [0.15, 0.2) is 42.5 Å². The number of fused-ring (bicyclic) bond motifs is 4. The minimum Gasteiger partial charge on any atom is -0.508 e. The van der Waals surface area contributed by atoms with Gasteiger partial charge < -0.3 is 15.0 Å². The van der Waals surface area contributed by atoms with Crippen molar-refractivity contribution < 1.29 is 14.7 Å². The van der Waals surface area contributed by atoms with E-state index in [1.807, 2.05) is 31.2 Å². The van der Waals surface area contributed by atoms with E-state index in [9.17, 15) is 14.7 Å². The maximum absolute atomic E-state index is 13.7. The van der Waals surface area contributed by atoms with Crippen LogP contribution in [0.2, 0.25) is 5.02 Å². The molecule has 2 aromatic carbocycles. The van der Waals surface area contributed by atoms with Crippen LogP contribution in [-0.2, 0) is 11.2 Å². The number of carbonyl (C=O) groups excluding carboxylic acids is 2. The summed E-state index contributed by atoms with van der Waals surface area (Å²) >= 11 is 6.31.